The topological polar surface area (TPSA) is 41.1 Å². The molecular weight excluding hydrogens is 262 g/mol. The number of ether oxygens (including phenoxy) is 1. The van der Waals surface area contributed by atoms with E-state index in [0.29, 0.717) is 0 Å². The summed E-state index contributed by atoms with van der Waals surface area (Å²) in [6.45, 7) is 1.90. The van der Waals surface area contributed by atoms with Crippen molar-refractivity contribution in [2.75, 3.05) is 18.6 Å². The van der Waals surface area contributed by atoms with Gasteiger partial charge in [0.25, 0.3) is 0 Å². The molecule has 2 aromatic carbocycles. The van der Waals surface area contributed by atoms with Crippen molar-refractivity contribution in [1.29, 1.82) is 0 Å². The number of benzene rings is 2. The van der Waals surface area contributed by atoms with Gasteiger partial charge >= 0.3 is 0 Å². The molecule has 0 saturated heterocycles. The Morgan fingerprint density at radius 3 is 2.86 bits per heavy atom. The lowest BCUT2D eigenvalue weighted by Crippen LogP contribution is -2.31. The lowest BCUT2D eigenvalue weighted by Gasteiger charge is -2.28. The van der Waals surface area contributed by atoms with Crippen LogP contribution < -0.4 is 9.64 Å². The van der Waals surface area contributed by atoms with E-state index in [1.54, 1.807) is 7.11 Å². The van der Waals surface area contributed by atoms with Gasteiger partial charge in [-0.2, -0.15) is 0 Å². The molecule has 0 unspecified atom stereocenters. The van der Waals surface area contributed by atoms with Crippen LogP contribution in [0.1, 0.15) is 11.1 Å². The zero-order valence-electron chi connectivity index (χ0n) is 12.0. The standard InChI is InChI=1S/C17H17N3O/c1-21-14-6-7-15-16(10-14)19-17(18-15)20-9-8-12-4-2-3-5-13(12)11-20/h2-7,10H,8-9,11H2,1H3,(H,18,19). The normalized spacial score (nSPS) is 14.2. The van der Waals surface area contributed by atoms with Crippen molar-refractivity contribution in [2.24, 2.45) is 0 Å². The predicted octanol–water partition coefficient (Wildman–Crippen LogP) is 3.13. The van der Waals surface area contributed by atoms with Crippen LogP contribution in [0.25, 0.3) is 11.0 Å². The lowest BCUT2D eigenvalue weighted by atomic mass is 10.0. The van der Waals surface area contributed by atoms with Crippen LogP contribution in [0.3, 0.4) is 0 Å². The summed E-state index contributed by atoms with van der Waals surface area (Å²) in [4.78, 5) is 10.4. The molecule has 4 heteroatoms. The minimum absolute atomic E-state index is 0.849. The van der Waals surface area contributed by atoms with Crippen molar-refractivity contribution in [3.8, 4) is 5.75 Å². The second-order valence-electron chi connectivity index (χ2n) is 5.38. The van der Waals surface area contributed by atoms with Gasteiger partial charge in [0, 0.05) is 19.2 Å². The molecule has 0 spiro atoms. The Hall–Kier alpha value is -2.49. The van der Waals surface area contributed by atoms with E-state index in [-0.39, 0.29) is 0 Å². The quantitative estimate of drug-likeness (QED) is 0.783. The monoisotopic (exact) mass is 279 g/mol. The van der Waals surface area contributed by atoms with Crippen LogP contribution in [-0.2, 0) is 13.0 Å². The number of nitrogens with zero attached hydrogens (tertiary/aromatic N) is 2. The Bertz CT molecular complexity index is 794. The highest BCUT2D eigenvalue weighted by molar-refractivity contribution is 5.79. The smallest absolute Gasteiger partial charge is 0.204 e. The van der Waals surface area contributed by atoms with Crippen LogP contribution in [0.15, 0.2) is 42.5 Å². The molecule has 4 rings (SSSR count). The van der Waals surface area contributed by atoms with Crippen molar-refractivity contribution in [2.45, 2.75) is 13.0 Å². The van der Waals surface area contributed by atoms with Crippen molar-refractivity contribution in [3.05, 3.63) is 53.6 Å². The first-order valence-electron chi connectivity index (χ1n) is 7.19. The molecular formula is C17H17N3O. The number of aromatic nitrogens is 2. The highest BCUT2D eigenvalue weighted by atomic mass is 16.5. The average molecular weight is 279 g/mol. The van der Waals surface area contributed by atoms with Crippen LogP contribution in [0, 0.1) is 0 Å². The largest absolute Gasteiger partial charge is 0.497 e. The molecule has 1 N–H and O–H groups in total. The summed E-state index contributed by atoms with van der Waals surface area (Å²) < 4.78 is 5.26. The maximum Gasteiger partial charge on any atom is 0.204 e. The van der Waals surface area contributed by atoms with Gasteiger partial charge in [-0.1, -0.05) is 24.3 Å². The number of anilines is 1. The van der Waals surface area contributed by atoms with Gasteiger partial charge < -0.3 is 14.6 Å². The summed E-state index contributed by atoms with van der Waals surface area (Å²) >= 11 is 0. The zero-order chi connectivity index (χ0) is 14.2. The average Bonchev–Trinajstić information content (AvgIpc) is 2.97. The van der Waals surface area contributed by atoms with Crippen LogP contribution in [-0.4, -0.2) is 23.6 Å². The van der Waals surface area contributed by atoms with E-state index in [1.807, 2.05) is 18.2 Å². The molecule has 0 fully saturated rings. The van der Waals surface area contributed by atoms with E-state index < -0.39 is 0 Å². The molecule has 0 aliphatic carbocycles. The van der Waals surface area contributed by atoms with Gasteiger partial charge in [0.15, 0.2) is 0 Å². The van der Waals surface area contributed by atoms with Gasteiger partial charge in [-0.15, -0.1) is 0 Å². The number of hydrogen-bond donors (Lipinski definition) is 1. The van der Waals surface area contributed by atoms with Crippen molar-refractivity contribution >= 4 is 17.0 Å². The highest BCUT2D eigenvalue weighted by Crippen LogP contribution is 2.26. The van der Waals surface area contributed by atoms with Crippen LogP contribution in [0.5, 0.6) is 5.75 Å². The van der Waals surface area contributed by atoms with Gasteiger partial charge in [0.05, 0.1) is 18.1 Å². The van der Waals surface area contributed by atoms with E-state index in [9.17, 15) is 0 Å². The summed E-state index contributed by atoms with van der Waals surface area (Å²) in [6, 6.07) is 14.6. The van der Waals surface area contributed by atoms with Gasteiger partial charge in [0.2, 0.25) is 5.95 Å². The third-order valence-corrected chi connectivity index (χ3v) is 4.11. The molecule has 1 aromatic heterocycles. The first kappa shape index (κ1) is 12.3. The second kappa shape index (κ2) is 4.81. The third kappa shape index (κ3) is 2.13. The number of nitrogens with one attached hydrogen (secondary N) is 1. The molecule has 3 aromatic rings. The summed E-state index contributed by atoms with van der Waals surface area (Å²) in [5.74, 6) is 1.79. The maximum absolute atomic E-state index is 5.26. The molecule has 0 atom stereocenters. The summed E-state index contributed by atoms with van der Waals surface area (Å²) in [6.07, 6.45) is 1.07. The van der Waals surface area contributed by atoms with E-state index in [1.165, 1.54) is 11.1 Å². The minimum Gasteiger partial charge on any atom is -0.497 e. The Balaban J connectivity index is 1.68. The molecule has 0 amide bonds. The fourth-order valence-corrected chi connectivity index (χ4v) is 2.93. The number of aromatic amines is 1. The fourth-order valence-electron chi connectivity index (χ4n) is 2.93. The van der Waals surface area contributed by atoms with E-state index in [2.05, 4.69) is 34.1 Å². The van der Waals surface area contributed by atoms with Crippen molar-refractivity contribution in [3.63, 3.8) is 0 Å². The maximum atomic E-state index is 5.26. The third-order valence-electron chi connectivity index (χ3n) is 4.11. The first-order chi connectivity index (χ1) is 10.3. The van der Waals surface area contributed by atoms with Crippen LogP contribution in [0.2, 0.25) is 0 Å². The van der Waals surface area contributed by atoms with E-state index in [0.717, 1.165) is 42.2 Å². The van der Waals surface area contributed by atoms with Gasteiger partial charge in [-0.05, 0) is 29.7 Å². The Morgan fingerprint density at radius 1 is 1.14 bits per heavy atom. The van der Waals surface area contributed by atoms with E-state index >= 15 is 0 Å². The molecule has 1 aliphatic rings. The molecule has 2 heterocycles. The summed E-state index contributed by atoms with van der Waals surface area (Å²) in [7, 11) is 1.68. The zero-order valence-corrected chi connectivity index (χ0v) is 12.0. The minimum atomic E-state index is 0.849. The first-order valence-corrected chi connectivity index (χ1v) is 7.19. The van der Waals surface area contributed by atoms with Crippen LogP contribution in [0.4, 0.5) is 5.95 Å². The summed E-state index contributed by atoms with van der Waals surface area (Å²) in [5, 5.41) is 0. The Morgan fingerprint density at radius 2 is 2.00 bits per heavy atom. The summed E-state index contributed by atoms with van der Waals surface area (Å²) in [5.41, 5.74) is 4.83. The predicted molar refractivity (Wildman–Crippen MR) is 83.8 cm³/mol. The fraction of sp³-hybridized carbons (Fsp3) is 0.235. The van der Waals surface area contributed by atoms with Crippen molar-refractivity contribution in [1.82, 2.24) is 9.97 Å². The molecule has 1 aliphatic heterocycles. The van der Waals surface area contributed by atoms with Crippen molar-refractivity contribution < 1.29 is 4.74 Å². The molecule has 4 nitrogen and oxygen atoms in total. The Labute approximate surface area is 123 Å². The van der Waals surface area contributed by atoms with E-state index in [4.69, 9.17) is 9.72 Å². The Kier molecular flexibility index (Phi) is 2.81. The number of imidazole rings is 1. The molecule has 21 heavy (non-hydrogen) atoms. The molecule has 0 bridgehead atoms. The highest BCUT2D eigenvalue weighted by Gasteiger charge is 2.18. The number of hydrogen-bond acceptors (Lipinski definition) is 3. The molecule has 106 valence electrons. The van der Waals surface area contributed by atoms with Gasteiger partial charge in [0.1, 0.15) is 5.75 Å². The molecule has 0 radical (unpaired) electrons. The van der Waals surface area contributed by atoms with Gasteiger partial charge in [-0.3, -0.25) is 0 Å². The number of rotatable bonds is 2. The number of H-pyrrole nitrogens is 1. The van der Waals surface area contributed by atoms with Gasteiger partial charge in [-0.25, -0.2) is 4.98 Å². The van der Waals surface area contributed by atoms with Crippen LogP contribution >= 0.6 is 0 Å². The SMILES string of the molecule is COc1ccc2nc(N3CCc4ccccc4C3)[nH]c2c1. The molecule has 0 saturated carbocycles. The lowest BCUT2D eigenvalue weighted by molar-refractivity contribution is 0.415. The number of methoxy groups -OCH3 is 1. The second-order valence-corrected chi connectivity index (χ2v) is 5.38. The number of fused-ring (bicyclic) bond motifs is 2.